The number of piperidine rings is 1. The molecule has 0 spiro atoms. The quantitative estimate of drug-likeness (QED) is 0.381. The number of carbonyl (C=O) groups excluding carboxylic acids is 2. The number of allylic oxidation sites excluding steroid dienone is 1. The first-order chi connectivity index (χ1) is 17.1. The van der Waals surface area contributed by atoms with Crippen molar-refractivity contribution in [2.75, 3.05) is 11.9 Å². The summed E-state index contributed by atoms with van der Waals surface area (Å²) in [4.78, 5) is 25.4. The van der Waals surface area contributed by atoms with E-state index in [4.69, 9.17) is 0 Å². The Balaban J connectivity index is 1.37. The zero-order valence-corrected chi connectivity index (χ0v) is 20.3. The van der Waals surface area contributed by atoms with Crippen LogP contribution in [0.3, 0.4) is 0 Å². The Hall–Kier alpha value is -3.23. The number of hydrogen-bond acceptors (Lipinski definition) is 6. The Morgan fingerprint density at radius 3 is 2.66 bits per heavy atom. The minimum Gasteiger partial charge on any atom is -0.307 e. The van der Waals surface area contributed by atoms with Crippen molar-refractivity contribution in [2.24, 2.45) is 5.92 Å². The number of halogens is 1. The molecule has 4 rings (SSSR count). The number of anilines is 1. The van der Waals surface area contributed by atoms with Crippen molar-refractivity contribution < 1.29 is 14.0 Å². The third kappa shape index (κ3) is 7.63. The number of aromatic nitrogens is 2. The SMILES string of the molecule is O=C(/C=C/[C@H](CCc1ccccc1)CC(=O)[C@@H]1CCCCN1)Nc1nnc(-c2ccc(F)cc2)s1. The predicted octanol–water partition coefficient (Wildman–Crippen LogP) is 5.19. The summed E-state index contributed by atoms with van der Waals surface area (Å²) in [6, 6.07) is 16.0. The van der Waals surface area contributed by atoms with Crippen LogP contribution in [0.1, 0.15) is 37.7 Å². The Morgan fingerprint density at radius 2 is 1.91 bits per heavy atom. The van der Waals surface area contributed by atoms with E-state index in [9.17, 15) is 14.0 Å². The average Bonchev–Trinajstić information content (AvgIpc) is 3.35. The van der Waals surface area contributed by atoms with Crippen LogP contribution in [0.4, 0.5) is 9.52 Å². The Morgan fingerprint density at radius 1 is 1.11 bits per heavy atom. The molecule has 0 bridgehead atoms. The molecule has 0 aliphatic carbocycles. The molecule has 2 aromatic carbocycles. The molecule has 1 aliphatic rings. The Labute approximate surface area is 208 Å². The molecule has 35 heavy (non-hydrogen) atoms. The fourth-order valence-electron chi connectivity index (χ4n) is 4.14. The number of Topliss-reactive ketones (excluding diaryl/α,β-unsaturated/α-hetero) is 1. The van der Waals surface area contributed by atoms with Gasteiger partial charge in [-0.2, -0.15) is 0 Å². The van der Waals surface area contributed by atoms with Crippen LogP contribution in [0.15, 0.2) is 66.7 Å². The summed E-state index contributed by atoms with van der Waals surface area (Å²) in [5.74, 6) is -0.474. The van der Waals surface area contributed by atoms with E-state index in [1.165, 1.54) is 35.1 Å². The molecule has 0 saturated carbocycles. The van der Waals surface area contributed by atoms with Crippen molar-refractivity contribution in [1.29, 1.82) is 0 Å². The van der Waals surface area contributed by atoms with Gasteiger partial charge in [-0.1, -0.05) is 54.2 Å². The number of hydrogen-bond donors (Lipinski definition) is 2. The van der Waals surface area contributed by atoms with Gasteiger partial charge in [-0.15, -0.1) is 10.2 Å². The number of rotatable bonds is 10. The van der Waals surface area contributed by atoms with E-state index in [0.717, 1.165) is 44.2 Å². The van der Waals surface area contributed by atoms with Crippen LogP contribution in [-0.2, 0) is 16.0 Å². The first-order valence-electron chi connectivity index (χ1n) is 12.0. The second-order valence-corrected chi connectivity index (χ2v) is 9.70. The molecule has 0 radical (unpaired) electrons. The highest BCUT2D eigenvalue weighted by Gasteiger charge is 2.23. The van der Waals surface area contributed by atoms with E-state index < -0.39 is 0 Å². The van der Waals surface area contributed by atoms with Gasteiger partial charge in [0.05, 0.1) is 6.04 Å². The fraction of sp³-hybridized carbons (Fsp3) is 0.333. The number of ketones is 1. The number of nitrogens with one attached hydrogen (secondary N) is 2. The molecule has 2 N–H and O–H groups in total. The third-order valence-electron chi connectivity index (χ3n) is 6.08. The lowest BCUT2D eigenvalue weighted by Gasteiger charge is -2.23. The van der Waals surface area contributed by atoms with E-state index in [0.29, 0.717) is 16.6 Å². The number of amides is 1. The van der Waals surface area contributed by atoms with Crippen LogP contribution in [0.25, 0.3) is 10.6 Å². The molecule has 1 saturated heterocycles. The maximum Gasteiger partial charge on any atom is 0.249 e. The number of nitrogens with zero attached hydrogens (tertiary/aromatic N) is 2. The summed E-state index contributed by atoms with van der Waals surface area (Å²) < 4.78 is 13.1. The van der Waals surface area contributed by atoms with Gasteiger partial charge in [0.2, 0.25) is 11.0 Å². The average molecular weight is 493 g/mol. The monoisotopic (exact) mass is 492 g/mol. The molecule has 1 aliphatic heterocycles. The van der Waals surface area contributed by atoms with Crippen molar-refractivity contribution in [3.63, 3.8) is 0 Å². The van der Waals surface area contributed by atoms with Gasteiger partial charge in [-0.25, -0.2) is 4.39 Å². The highest BCUT2D eigenvalue weighted by atomic mass is 32.1. The Bertz CT molecular complexity index is 1140. The zero-order valence-electron chi connectivity index (χ0n) is 19.5. The number of carbonyl (C=O) groups is 2. The molecule has 6 nitrogen and oxygen atoms in total. The van der Waals surface area contributed by atoms with Gasteiger partial charge in [0.25, 0.3) is 0 Å². The highest BCUT2D eigenvalue weighted by molar-refractivity contribution is 7.18. The maximum absolute atomic E-state index is 13.1. The topological polar surface area (TPSA) is 84.0 Å². The second kappa shape index (κ2) is 12.5. The minimum atomic E-state index is -0.323. The van der Waals surface area contributed by atoms with Gasteiger partial charge in [0.15, 0.2) is 0 Å². The fourth-order valence-corrected chi connectivity index (χ4v) is 4.90. The third-order valence-corrected chi connectivity index (χ3v) is 6.96. The van der Waals surface area contributed by atoms with Crippen LogP contribution in [0.2, 0.25) is 0 Å². The van der Waals surface area contributed by atoms with Crippen molar-refractivity contribution in [2.45, 2.75) is 44.6 Å². The highest BCUT2D eigenvalue weighted by Crippen LogP contribution is 2.26. The van der Waals surface area contributed by atoms with Crippen LogP contribution >= 0.6 is 11.3 Å². The van der Waals surface area contributed by atoms with Crippen molar-refractivity contribution >= 4 is 28.2 Å². The predicted molar refractivity (Wildman–Crippen MR) is 137 cm³/mol. The largest absolute Gasteiger partial charge is 0.307 e. The van der Waals surface area contributed by atoms with Crippen LogP contribution in [0.5, 0.6) is 0 Å². The van der Waals surface area contributed by atoms with E-state index in [2.05, 4.69) is 33.0 Å². The summed E-state index contributed by atoms with van der Waals surface area (Å²) in [6.07, 6.45) is 8.38. The van der Waals surface area contributed by atoms with E-state index in [-0.39, 0.29) is 29.5 Å². The number of aryl methyl sites for hydroxylation is 1. The lowest BCUT2D eigenvalue weighted by atomic mass is 9.90. The van der Waals surface area contributed by atoms with Gasteiger partial charge in [0.1, 0.15) is 16.6 Å². The summed E-state index contributed by atoms with van der Waals surface area (Å²) >= 11 is 1.22. The van der Waals surface area contributed by atoms with Gasteiger partial charge >= 0.3 is 0 Å². The van der Waals surface area contributed by atoms with Gasteiger partial charge in [-0.3, -0.25) is 14.9 Å². The van der Waals surface area contributed by atoms with E-state index in [1.807, 2.05) is 24.3 Å². The smallest absolute Gasteiger partial charge is 0.249 e. The normalized spacial score (nSPS) is 16.8. The lowest BCUT2D eigenvalue weighted by molar-refractivity contribution is -0.122. The minimum absolute atomic E-state index is 0.0404. The maximum atomic E-state index is 13.1. The van der Waals surface area contributed by atoms with Crippen molar-refractivity contribution in [3.05, 3.63) is 78.1 Å². The van der Waals surface area contributed by atoms with Crippen LogP contribution < -0.4 is 10.6 Å². The standard InChI is InChI=1S/C27H29FN4O2S/c28-22-14-12-21(13-15-22)26-31-32-27(35-26)30-25(34)16-11-20(10-9-19-6-2-1-3-7-19)18-24(33)23-8-4-5-17-29-23/h1-3,6-7,11-16,20,23,29H,4-5,8-10,17-18H2,(H,30,32,34)/b16-11+/t20-,23-/m0/s1. The summed E-state index contributed by atoms with van der Waals surface area (Å²) in [5, 5.41) is 15.1. The van der Waals surface area contributed by atoms with Crippen molar-refractivity contribution in [1.82, 2.24) is 15.5 Å². The molecular weight excluding hydrogens is 463 g/mol. The molecule has 8 heteroatoms. The van der Waals surface area contributed by atoms with Crippen LogP contribution in [-0.4, -0.2) is 34.5 Å². The molecule has 2 heterocycles. The molecule has 182 valence electrons. The number of benzene rings is 2. The molecule has 2 atom stereocenters. The first-order valence-corrected chi connectivity index (χ1v) is 12.8. The second-order valence-electron chi connectivity index (χ2n) is 8.72. The van der Waals surface area contributed by atoms with Crippen molar-refractivity contribution in [3.8, 4) is 10.6 Å². The van der Waals surface area contributed by atoms with E-state index >= 15 is 0 Å². The van der Waals surface area contributed by atoms with Gasteiger partial charge in [-0.05, 0) is 74.1 Å². The molecule has 1 fully saturated rings. The van der Waals surface area contributed by atoms with Gasteiger partial charge in [0, 0.05) is 12.0 Å². The molecule has 3 aromatic rings. The first kappa shape index (κ1) is 24.9. The molecule has 1 amide bonds. The summed E-state index contributed by atoms with van der Waals surface area (Å²) in [6.45, 7) is 0.880. The van der Waals surface area contributed by atoms with Crippen LogP contribution in [0, 0.1) is 11.7 Å². The van der Waals surface area contributed by atoms with Gasteiger partial charge < -0.3 is 5.32 Å². The Kier molecular flexibility index (Phi) is 8.86. The lowest BCUT2D eigenvalue weighted by Crippen LogP contribution is -2.41. The van der Waals surface area contributed by atoms with E-state index in [1.54, 1.807) is 12.1 Å². The molecule has 1 aromatic heterocycles. The molecule has 0 unspecified atom stereocenters. The summed E-state index contributed by atoms with van der Waals surface area (Å²) in [7, 11) is 0. The summed E-state index contributed by atoms with van der Waals surface area (Å²) in [5.41, 5.74) is 1.94. The molecular formula is C27H29FN4O2S. The zero-order chi connectivity index (χ0) is 24.5.